The number of likely N-dealkylation sites (N-methyl/N-ethyl adjacent to an activating group) is 1. The fourth-order valence-electron chi connectivity index (χ4n) is 4.78. The maximum absolute atomic E-state index is 15.2. The summed E-state index contributed by atoms with van der Waals surface area (Å²) in [6, 6.07) is 1.99. The average Bonchev–Trinajstić information content (AvgIpc) is 3.38. The first kappa shape index (κ1) is 16.0. The predicted octanol–water partition coefficient (Wildman–Crippen LogP) is 2.70. The average molecular weight is 355 g/mol. The zero-order chi connectivity index (χ0) is 18.0. The molecular weight excluding hydrogens is 333 g/mol. The number of halogens is 1. The summed E-state index contributed by atoms with van der Waals surface area (Å²) in [6.45, 7) is 2.37. The van der Waals surface area contributed by atoms with Gasteiger partial charge >= 0.3 is 0 Å². The number of nitrogens with zero attached hydrogens (tertiary/aromatic N) is 3. The second-order valence-electron chi connectivity index (χ2n) is 7.94. The van der Waals surface area contributed by atoms with Gasteiger partial charge in [0, 0.05) is 48.9 Å². The van der Waals surface area contributed by atoms with E-state index in [2.05, 4.69) is 21.4 Å². The zero-order valence-electron chi connectivity index (χ0n) is 14.9. The Kier molecular flexibility index (Phi) is 3.47. The summed E-state index contributed by atoms with van der Waals surface area (Å²) < 4.78 is 17.3. The Balaban J connectivity index is 1.89. The molecule has 0 spiro atoms. The van der Waals surface area contributed by atoms with Crippen molar-refractivity contribution in [2.45, 2.75) is 44.3 Å². The number of carbonyl (C=O) groups excluding carboxylic acids is 1. The molecule has 0 N–H and O–H groups in total. The normalized spacial score (nSPS) is 23.0. The highest BCUT2D eigenvalue weighted by Crippen LogP contribution is 2.42. The predicted molar refractivity (Wildman–Crippen MR) is 98.5 cm³/mol. The van der Waals surface area contributed by atoms with Crippen LogP contribution in [0.3, 0.4) is 0 Å². The van der Waals surface area contributed by atoms with Gasteiger partial charge in [0.1, 0.15) is 5.82 Å². The second kappa shape index (κ2) is 5.64. The van der Waals surface area contributed by atoms with Gasteiger partial charge in [-0.2, -0.15) is 0 Å². The van der Waals surface area contributed by atoms with E-state index >= 15 is 4.39 Å². The number of hydrogen-bond donors (Lipinski definition) is 0. The molecule has 1 aromatic carbocycles. The van der Waals surface area contributed by atoms with Crippen molar-refractivity contribution in [2.24, 2.45) is 0 Å². The molecule has 1 aromatic heterocycles. The van der Waals surface area contributed by atoms with Gasteiger partial charge in [0.15, 0.2) is 11.7 Å². The van der Waals surface area contributed by atoms with E-state index in [0.717, 1.165) is 49.9 Å². The monoisotopic (exact) mass is 355 g/mol. The fourth-order valence-corrected chi connectivity index (χ4v) is 4.78. The molecule has 1 saturated heterocycles. The number of rotatable bonds is 2. The SMILES string of the molecule is CN1Cc2c(c(F)cc3c(=O)c(C=O)cn(C4CC4)c23)N2CCCC2C1. The molecule has 2 aliphatic heterocycles. The molecule has 1 aliphatic carbocycles. The maximum Gasteiger partial charge on any atom is 0.200 e. The van der Waals surface area contributed by atoms with Gasteiger partial charge < -0.3 is 9.47 Å². The standard InChI is InChI=1S/C20H22FN3O2/c1-22-9-14-3-2-6-23(14)19-16(10-22)18-15(7-17(19)21)20(26)12(11-25)8-24(18)13-4-5-13/h7-8,11,13-14H,2-6,9-10H2,1H3. The maximum atomic E-state index is 15.2. The summed E-state index contributed by atoms with van der Waals surface area (Å²) in [4.78, 5) is 28.5. The van der Waals surface area contributed by atoms with Gasteiger partial charge in [0.25, 0.3) is 0 Å². The lowest BCUT2D eigenvalue weighted by atomic mass is 10.0. The number of aromatic nitrogens is 1. The molecule has 0 bridgehead atoms. The molecule has 0 amide bonds. The molecule has 5 nitrogen and oxygen atoms in total. The van der Waals surface area contributed by atoms with Crippen molar-refractivity contribution in [3.63, 3.8) is 0 Å². The number of benzene rings is 1. The Morgan fingerprint density at radius 3 is 2.77 bits per heavy atom. The van der Waals surface area contributed by atoms with Crippen LogP contribution in [0, 0.1) is 5.82 Å². The van der Waals surface area contributed by atoms with E-state index in [9.17, 15) is 9.59 Å². The van der Waals surface area contributed by atoms with E-state index in [1.165, 1.54) is 6.07 Å². The van der Waals surface area contributed by atoms with Gasteiger partial charge in [-0.15, -0.1) is 0 Å². The third kappa shape index (κ3) is 2.24. The van der Waals surface area contributed by atoms with E-state index in [-0.39, 0.29) is 16.8 Å². The van der Waals surface area contributed by atoms with Gasteiger partial charge in [-0.3, -0.25) is 14.5 Å². The molecule has 3 heterocycles. The fraction of sp³-hybridized carbons (Fsp3) is 0.500. The van der Waals surface area contributed by atoms with Crippen LogP contribution in [0.5, 0.6) is 0 Å². The van der Waals surface area contributed by atoms with E-state index < -0.39 is 0 Å². The van der Waals surface area contributed by atoms with Crippen molar-refractivity contribution < 1.29 is 9.18 Å². The van der Waals surface area contributed by atoms with Crippen molar-refractivity contribution in [1.29, 1.82) is 0 Å². The van der Waals surface area contributed by atoms with Crippen LogP contribution >= 0.6 is 0 Å². The van der Waals surface area contributed by atoms with E-state index in [4.69, 9.17) is 0 Å². The van der Waals surface area contributed by atoms with Crippen molar-refractivity contribution in [3.05, 3.63) is 39.4 Å². The van der Waals surface area contributed by atoms with Crippen LogP contribution in [0.1, 0.15) is 47.6 Å². The van der Waals surface area contributed by atoms with Crippen LogP contribution in [0.2, 0.25) is 0 Å². The Labute approximate surface area is 151 Å². The minimum Gasteiger partial charge on any atom is -0.365 e. The number of fused-ring (bicyclic) bond motifs is 5. The van der Waals surface area contributed by atoms with Gasteiger partial charge in [-0.05, 0) is 38.8 Å². The van der Waals surface area contributed by atoms with E-state index in [0.29, 0.717) is 36.0 Å². The van der Waals surface area contributed by atoms with Crippen LogP contribution in [-0.2, 0) is 6.54 Å². The van der Waals surface area contributed by atoms with Crippen LogP contribution in [0.15, 0.2) is 17.1 Å². The summed E-state index contributed by atoms with van der Waals surface area (Å²) >= 11 is 0. The lowest BCUT2D eigenvalue weighted by Gasteiger charge is -2.27. The highest BCUT2D eigenvalue weighted by Gasteiger charge is 2.35. The van der Waals surface area contributed by atoms with Gasteiger partial charge in [0.2, 0.25) is 0 Å². The van der Waals surface area contributed by atoms with Crippen molar-refractivity contribution >= 4 is 22.9 Å². The summed E-state index contributed by atoms with van der Waals surface area (Å²) in [5.74, 6) is -0.336. The summed E-state index contributed by atoms with van der Waals surface area (Å²) in [5.41, 5.74) is 2.13. The Morgan fingerprint density at radius 1 is 1.23 bits per heavy atom. The minimum atomic E-state index is -0.363. The molecular formula is C20H22FN3O2. The lowest BCUT2D eigenvalue weighted by Crippen LogP contribution is -2.36. The highest BCUT2D eigenvalue weighted by molar-refractivity contribution is 5.92. The number of hydrogen-bond acceptors (Lipinski definition) is 4. The number of anilines is 1. The first-order valence-corrected chi connectivity index (χ1v) is 9.39. The van der Waals surface area contributed by atoms with E-state index in [1.807, 2.05) is 0 Å². The molecule has 1 unspecified atom stereocenters. The number of pyridine rings is 1. The molecule has 26 heavy (non-hydrogen) atoms. The third-order valence-electron chi connectivity index (χ3n) is 6.05. The van der Waals surface area contributed by atoms with Gasteiger partial charge in [-0.1, -0.05) is 0 Å². The smallest absolute Gasteiger partial charge is 0.200 e. The van der Waals surface area contributed by atoms with Crippen LogP contribution in [0.25, 0.3) is 10.9 Å². The van der Waals surface area contributed by atoms with Crippen LogP contribution in [-0.4, -0.2) is 41.9 Å². The summed E-state index contributed by atoms with van der Waals surface area (Å²) in [6.07, 6.45) is 6.47. The molecule has 6 heteroatoms. The number of aldehydes is 1. The first-order chi connectivity index (χ1) is 12.6. The Morgan fingerprint density at radius 2 is 2.04 bits per heavy atom. The topological polar surface area (TPSA) is 45.6 Å². The summed E-state index contributed by atoms with van der Waals surface area (Å²) in [7, 11) is 2.06. The van der Waals surface area contributed by atoms with Crippen LogP contribution in [0.4, 0.5) is 10.1 Å². The molecule has 2 aromatic rings. The van der Waals surface area contributed by atoms with Crippen molar-refractivity contribution in [1.82, 2.24) is 9.47 Å². The van der Waals surface area contributed by atoms with Crippen molar-refractivity contribution in [3.8, 4) is 0 Å². The molecule has 5 rings (SSSR count). The molecule has 0 radical (unpaired) electrons. The minimum absolute atomic E-state index is 0.116. The highest BCUT2D eigenvalue weighted by atomic mass is 19.1. The van der Waals surface area contributed by atoms with E-state index in [1.54, 1.807) is 6.20 Å². The third-order valence-corrected chi connectivity index (χ3v) is 6.05. The lowest BCUT2D eigenvalue weighted by molar-refractivity contribution is 0.112. The number of carbonyl (C=O) groups is 1. The Hall–Kier alpha value is -2.21. The molecule has 136 valence electrons. The van der Waals surface area contributed by atoms with Gasteiger partial charge in [-0.25, -0.2) is 4.39 Å². The molecule has 2 fully saturated rings. The molecule has 1 atom stereocenters. The second-order valence-corrected chi connectivity index (χ2v) is 7.94. The molecule has 3 aliphatic rings. The molecule has 1 saturated carbocycles. The zero-order valence-corrected chi connectivity index (χ0v) is 14.9. The van der Waals surface area contributed by atoms with Crippen LogP contribution < -0.4 is 10.3 Å². The largest absolute Gasteiger partial charge is 0.365 e. The quantitative estimate of drug-likeness (QED) is 0.777. The summed E-state index contributed by atoms with van der Waals surface area (Å²) in [5, 5.41) is 0.337. The van der Waals surface area contributed by atoms with Gasteiger partial charge in [0.05, 0.1) is 16.8 Å². The Bertz CT molecular complexity index is 979. The van der Waals surface area contributed by atoms with Crippen molar-refractivity contribution in [2.75, 3.05) is 25.0 Å². The first-order valence-electron chi connectivity index (χ1n) is 9.39.